The first-order chi connectivity index (χ1) is 13.7. The van der Waals surface area contributed by atoms with E-state index in [4.69, 9.17) is 0 Å². The van der Waals surface area contributed by atoms with Gasteiger partial charge in [-0.3, -0.25) is 7.92 Å². The van der Waals surface area contributed by atoms with Gasteiger partial charge >= 0.3 is 0 Å². The summed E-state index contributed by atoms with van der Waals surface area (Å²) in [6, 6.07) is 18.2. The summed E-state index contributed by atoms with van der Waals surface area (Å²) >= 11 is 0. The van der Waals surface area contributed by atoms with Crippen LogP contribution in [-0.2, 0) is 17.1 Å². The average Bonchev–Trinajstić information content (AvgIpc) is 3.52. The maximum absolute atomic E-state index is 2.36. The van der Waals surface area contributed by atoms with Gasteiger partial charge in [-0.1, -0.05) is 51.9 Å². The van der Waals surface area contributed by atoms with Gasteiger partial charge in [0.2, 0.25) is 0 Å². The maximum Gasteiger partial charge on any atom is 0 e. The van der Waals surface area contributed by atoms with Crippen molar-refractivity contribution in [3.05, 3.63) is 48.5 Å². The first-order valence-electron chi connectivity index (χ1n) is 11.7. The third-order valence-electron chi connectivity index (χ3n) is 7.01. The average molecular weight is 470 g/mol. The molecule has 2 heterocycles. The van der Waals surface area contributed by atoms with Crippen molar-refractivity contribution in [3.63, 3.8) is 0 Å². The first kappa shape index (κ1) is 25.3. The molecule has 0 radical (unpaired) electrons. The molecule has 0 aliphatic carbocycles. The molecule has 0 aromatic heterocycles. The van der Waals surface area contributed by atoms with E-state index >= 15 is 0 Å². The Morgan fingerprint density at radius 1 is 0.690 bits per heavy atom. The van der Waals surface area contributed by atoms with Crippen molar-refractivity contribution in [1.82, 2.24) is 0 Å². The quantitative estimate of drug-likeness (QED) is 0.230. The maximum atomic E-state index is 2.36. The second-order valence-corrected chi connectivity index (χ2v) is 14.1. The van der Waals surface area contributed by atoms with Crippen molar-refractivity contribution < 1.29 is 17.1 Å². The minimum absolute atomic E-state index is 0. The Bertz CT molecular complexity index is 566. The molecule has 0 saturated carbocycles. The normalized spacial score (nSPS) is 27.4. The van der Waals surface area contributed by atoms with Gasteiger partial charge in [-0.25, -0.2) is 12.1 Å². The zero-order valence-corrected chi connectivity index (χ0v) is 21.7. The Morgan fingerprint density at radius 2 is 1.07 bits per heavy atom. The topological polar surface area (TPSA) is 0 Å². The third kappa shape index (κ3) is 6.07. The molecular weight excluding hydrogens is 430 g/mol. The molecule has 3 heteroatoms. The van der Waals surface area contributed by atoms with Crippen LogP contribution in [-0.4, -0.2) is 22.6 Å². The smallest absolute Gasteiger partial charge is 0 e. The van der Waals surface area contributed by atoms with E-state index in [2.05, 4.69) is 76.2 Å². The molecule has 0 bridgehead atoms. The zero-order valence-electron chi connectivity index (χ0n) is 18.8. The Balaban J connectivity index is 0.000000200. The van der Waals surface area contributed by atoms with Crippen LogP contribution in [0.2, 0.25) is 0 Å². The molecule has 0 unspecified atom stereocenters. The van der Waals surface area contributed by atoms with Crippen LogP contribution in [0, 0.1) is 0 Å². The number of rotatable bonds is 6. The summed E-state index contributed by atoms with van der Waals surface area (Å²) in [6.07, 6.45) is 11.4. The van der Waals surface area contributed by atoms with Crippen LogP contribution in [0.4, 0.5) is 0 Å². The predicted octanol–water partition coefficient (Wildman–Crippen LogP) is 7.72. The van der Waals surface area contributed by atoms with Crippen LogP contribution in [0.15, 0.2) is 48.5 Å². The summed E-state index contributed by atoms with van der Waals surface area (Å²) < 4.78 is 0. The molecule has 168 valence electrons. The van der Waals surface area contributed by atoms with Crippen LogP contribution in [0.1, 0.15) is 79.1 Å². The van der Waals surface area contributed by atoms with E-state index in [9.17, 15) is 0 Å². The monoisotopic (exact) mass is 470 g/mol. The summed E-state index contributed by atoms with van der Waals surface area (Å²) in [5, 5.41) is 3.33. The molecule has 0 N–H and O–H groups in total. The largest absolute Gasteiger partial charge is 0.747 e. The van der Waals surface area contributed by atoms with Crippen LogP contribution in [0.3, 0.4) is 0 Å². The zero-order chi connectivity index (χ0) is 19.9. The molecular formula is C26H40FeP2-6. The summed E-state index contributed by atoms with van der Waals surface area (Å²) in [4.78, 5) is 0. The molecule has 2 aliphatic rings. The minimum Gasteiger partial charge on any atom is -0.747 e. The fraction of sp³-hybridized carbons (Fsp3) is 0.615. The van der Waals surface area contributed by atoms with Crippen LogP contribution >= 0.6 is 15.8 Å². The third-order valence-corrected chi connectivity index (χ3v) is 14.4. The number of hydrogen-bond donors (Lipinski definition) is 0. The molecule has 2 aromatic carbocycles. The molecule has 2 aliphatic heterocycles. The van der Waals surface area contributed by atoms with Gasteiger partial charge in [0.05, 0.1) is 0 Å². The fourth-order valence-electron chi connectivity index (χ4n) is 5.44. The molecule has 0 nitrogen and oxygen atoms in total. The van der Waals surface area contributed by atoms with Gasteiger partial charge < -0.3 is 29.6 Å². The van der Waals surface area contributed by atoms with E-state index in [-0.39, 0.29) is 32.9 Å². The van der Waals surface area contributed by atoms with Gasteiger partial charge in [-0.05, 0) is 49.8 Å². The summed E-state index contributed by atoms with van der Waals surface area (Å²) in [7, 11) is 0.340. The van der Waals surface area contributed by atoms with Crippen molar-refractivity contribution in [2.45, 2.75) is 102 Å². The van der Waals surface area contributed by atoms with Gasteiger partial charge in [-0.15, -0.1) is 13.2 Å². The van der Waals surface area contributed by atoms with Gasteiger partial charge in [0.1, 0.15) is 0 Å². The van der Waals surface area contributed by atoms with Crippen LogP contribution in [0.25, 0.3) is 0 Å². The van der Waals surface area contributed by atoms with E-state index in [1.807, 2.05) is 0 Å². The van der Waals surface area contributed by atoms with Crippen molar-refractivity contribution in [1.29, 1.82) is 0 Å². The predicted molar refractivity (Wildman–Crippen MR) is 132 cm³/mol. The molecule has 4 rings (SSSR count). The van der Waals surface area contributed by atoms with E-state index in [0.29, 0.717) is 0 Å². The Morgan fingerprint density at radius 3 is 1.45 bits per heavy atom. The fourth-order valence-corrected chi connectivity index (χ4v) is 12.6. The van der Waals surface area contributed by atoms with Crippen molar-refractivity contribution in [2.75, 3.05) is 0 Å². The van der Waals surface area contributed by atoms with Gasteiger partial charge in [0.25, 0.3) is 0 Å². The summed E-state index contributed by atoms with van der Waals surface area (Å²) in [5.41, 5.74) is 4.05. The molecule has 2 saturated heterocycles. The van der Waals surface area contributed by atoms with E-state index < -0.39 is 0 Å². The van der Waals surface area contributed by atoms with Crippen molar-refractivity contribution >= 4 is 26.5 Å². The molecule has 2 fully saturated rings. The SMILES string of the molecule is CC[C@H]1CC[C@H](CC)P1[c-]1[cH-][cH-][cH-][cH-]1.CC[C@H]1CC[C@H](CC)P1[c-]1cccc1.[Fe]. The van der Waals surface area contributed by atoms with Crippen LogP contribution in [0.5, 0.6) is 0 Å². The van der Waals surface area contributed by atoms with Crippen molar-refractivity contribution in [3.8, 4) is 0 Å². The molecule has 0 spiro atoms. The Hall–Kier alpha value is 0.0795. The molecule has 2 aromatic rings. The minimum atomic E-state index is 0. The summed E-state index contributed by atoms with van der Waals surface area (Å²) in [5.74, 6) is 0. The van der Waals surface area contributed by atoms with E-state index in [1.54, 1.807) is 10.6 Å². The van der Waals surface area contributed by atoms with Crippen molar-refractivity contribution in [2.24, 2.45) is 0 Å². The van der Waals surface area contributed by atoms with Gasteiger partial charge in [0.15, 0.2) is 0 Å². The van der Waals surface area contributed by atoms with Crippen LogP contribution < -0.4 is 10.6 Å². The van der Waals surface area contributed by atoms with Gasteiger partial charge in [-0.2, -0.15) is 12.1 Å². The Kier molecular flexibility index (Phi) is 11.2. The number of hydrogen-bond acceptors (Lipinski definition) is 0. The second kappa shape index (κ2) is 12.8. The van der Waals surface area contributed by atoms with E-state index in [0.717, 1.165) is 22.6 Å². The molecule has 4 atom stereocenters. The molecule has 29 heavy (non-hydrogen) atoms. The standard InChI is InChI=1S/2C13H20P.Fe/c2*1-3-11-9-10-12(4-2)14(11)13-7-5-6-8-13;/h2*5-8,11-12H,3-4,9-10H2,1-2H3;/q-5;-1;/t2*11-,12-;/m00./s1. The second-order valence-electron chi connectivity index (χ2n) is 8.50. The summed E-state index contributed by atoms with van der Waals surface area (Å²) in [6.45, 7) is 9.45. The Labute approximate surface area is 193 Å². The van der Waals surface area contributed by atoms with E-state index in [1.165, 1.54) is 51.4 Å². The molecule has 0 amide bonds. The first-order valence-corrected chi connectivity index (χ1v) is 14.7. The van der Waals surface area contributed by atoms with Gasteiger partial charge in [0, 0.05) is 17.1 Å².